The van der Waals surface area contributed by atoms with Crippen LogP contribution >= 0.6 is 0 Å². The van der Waals surface area contributed by atoms with Gasteiger partial charge in [-0.25, -0.2) is 4.79 Å². The number of fused-ring (bicyclic) bond motifs is 1. The van der Waals surface area contributed by atoms with Crippen molar-refractivity contribution in [3.63, 3.8) is 0 Å². The number of ether oxygens (including phenoxy) is 2. The van der Waals surface area contributed by atoms with Gasteiger partial charge in [-0.15, -0.1) is 0 Å². The molecule has 6 nitrogen and oxygen atoms in total. The van der Waals surface area contributed by atoms with Crippen LogP contribution in [0.5, 0.6) is 5.75 Å². The molecule has 2 heterocycles. The number of benzene rings is 2. The molecule has 4 rings (SSSR count). The van der Waals surface area contributed by atoms with Crippen molar-refractivity contribution in [3.05, 3.63) is 88.3 Å². The molecule has 0 spiro atoms. The summed E-state index contributed by atoms with van der Waals surface area (Å²) in [5.74, 6) is -0.129. The van der Waals surface area contributed by atoms with Crippen LogP contribution in [-0.4, -0.2) is 19.2 Å². The third-order valence-electron chi connectivity index (χ3n) is 5.12. The van der Waals surface area contributed by atoms with E-state index in [0.717, 1.165) is 18.4 Å². The maximum Gasteiger partial charge on any atom is 0.344 e. The van der Waals surface area contributed by atoms with Crippen LogP contribution in [0.3, 0.4) is 0 Å². The van der Waals surface area contributed by atoms with Crippen LogP contribution in [0.1, 0.15) is 24.5 Å². The second-order valence-electron chi connectivity index (χ2n) is 7.35. The van der Waals surface area contributed by atoms with E-state index in [9.17, 15) is 9.59 Å². The average Bonchev–Trinajstić information content (AvgIpc) is 3.36. The summed E-state index contributed by atoms with van der Waals surface area (Å²) in [7, 11) is 0. The van der Waals surface area contributed by atoms with Gasteiger partial charge in [-0.05, 0) is 54.7 Å². The highest BCUT2D eigenvalue weighted by molar-refractivity contribution is 5.82. The van der Waals surface area contributed by atoms with E-state index in [1.807, 2.05) is 43.3 Å². The van der Waals surface area contributed by atoms with Crippen LogP contribution in [0.2, 0.25) is 0 Å². The Hall–Kier alpha value is -3.80. The number of aryl methyl sites for hydroxylation is 2. The SMILES string of the molecule is CCc1ccc2oc(-c3ccco3)c(OCC(=O)OCCCc3ccccc3)c(=O)c2c1. The highest BCUT2D eigenvalue weighted by Gasteiger charge is 2.21. The lowest BCUT2D eigenvalue weighted by Crippen LogP contribution is -2.19. The van der Waals surface area contributed by atoms with Crippen LogP contribution in [-0.2, 0) is 22.4 Å². The molecule has 2 aromatic carbocycles. The van der Waals surface area contributed by atoms with E-state index in [1.54, 1.807) is 24.3 Å². The predicted octanol–water partition coefficient (Wildman–Crippen LogP) is 5.17. The first-order chi connectivity index (χ1) is 15.7. The summed E-state index contributed by atoms with van der Waals surface area (Å²) in [6.45, 7) is 1.88. The minimum absolute atomic E-state index is 0.0676. The quantitative estimate of drug-likeness (QED) is 0.268. The van der Waals surface area contributed by atoms with Crippen LogP contribution in [0.15, 0.2) is 80.6 Å². The summed E-state index contributed by atoms with van der Waals surface area (Å²) in [6.07, 6.45) is 3.77. The van der Waals surface area contributed by atoms with Crippen molar-refractivity contribution in [2.24, 2.45) is 0 Å². The number of carbonyl (C=O) groups is 1. The van der Waals surface area contributed by atoms with Gasteiger partial charge < -0.3 is 18.3 Å². The van der Waals surface area contributed by atoms with Gasteiger partial charge in [-0.1, -0.05) is 43.3 Å². The molecule has 4 aromatic rings. The molecular formula is C26H24O6. The third kappa shape index (κ3) is 4.91. The molecule has 164 valence electrons. The number of rotatable bonds is 9. The second-order valence-corrected chi connectivity index (χ2v) is 7.35. The summed E-state index contributed by atoms with van der Waals surface area (Å²) < 4.78 is 22.2. The minimum Gasteiger partial charge on any atom is -0.474 e. The summed E-state index contributed by atoms with van der Waals surface area (Å²) in [4.78, 5) is 25.4. The summed E-state index contributed by atoms with van der Waals surface area (Å²) in [6, 6.07) is 18.8. The molecule has 0 atom stereocenters. The van der Waals surface area contributed by atoms with Gasteiger partial charge in [0, 0.05) is 0 Å². The molecule has 2 aromatic heterocycles. The van der Waals surface area contributed by atoms with Gasteiger partial charge in [0.1, 0.15) is 5.58 Å². The molecule has 0 fully saturated rings. The molecule has 0 radical (unpaired) electrons. The fraction of sp³-hybridized carbons (Fsp3) is 0.231. The van der Waals surface area contributed by atoms with Crippen molar-refractivity contribution in [1.82, 2.24) is 0 Å². The molecule has 32 heavy (non-hydrogen) atoms. The molecular weight excluding hydrogens is 408 g/mol. The Kier molecular flexibility index (Phi) is 6.70. The summed E-state index contributed by atoms with van der Waals surface area (Å²) >= 11 is 0. The Morgan fingerprint density at radius 3 is 2.59 bits per heavy atom. The number of hydrogen-bond donors (Lipinski definition) is 0. The maximum absolute atomic E-state index is 13.2. The largest absolute Gasteiger partial charge is 0.474 e. The van der Waals surface area contributed by atoms with E-state index in [1.165, 1.54) is 11.8 Å². The van der Waals surface area contributed by atoms with Gasteiger partial charge in [0.15, 0.2) is 12.4 Å². The molecule has 0 saturated carbocycles. The van der Waals surface area contributed by atoms with Crippen molar-refractivity contribution in [3.8, 4) is 17.3 Å². The predicted molar refractivity (Wildman–Crippen MR) is 121 cm³/mol. The monoisotopic (exact) mass is 432 g/mol. The van der Waals surface area contributed by atoms with Crippen LogP contribution in [0.25, 0.3) is 22.5 Å². The standard InChI is InChI=1S/C26H24O6/c1-2-18-12-13-21-20(16-18)24(28)26(25(32-21)22-11-7-14-29-22)31-17-23(27)30-15-6-10-19-8-4-3-5-9-19/h3-5,7-9,11-14,16H,2,6,10,15,17H2,1H3. The lowest BCUT2D eigenvalue weighted by molar-refractivity contribution is -0.146. The molecule has 0 amide bonds. The molecule has 0 unspecified atom stereocenters. The third-order valence-corrected chi connectivity index (χ3v) is 5.12. The first-order valence-corrected chi connectivity index (χ1v) is 10.6. The Morgan fingerprint density at radius 1 is 1.00 bits per heavy atom. The smallest absolute Gasteiger partial charge is 0.344 e. The summed E-state index contributed by atoms with van der Waals surface area (Å²) in [5.41, 5.74) is 2.25. The summed E-state index contributed by atoms with van der Waals surface area (Å²) in [5, 5.41) is 0.394. The topological polar surface area (TPSA) is 78.9 Å². The van der Waals surface area contributed by atoms with Crippen LogP contribution < -0.4 is 10.2 Å². The number of carbonyl (C=O) groups excluding carboxylic acids is 1. The van der Waals surface area contributed by atoms with Gasteiger partial charge in [-0.3, -0.25) is 4.79 Å². The van der Waals surface area contributed by atoms with Crippen molar-refractivity contribution in [2.75, 3.05) is 13.2 Å². The molecule has 0 N–H and O–H groups in total. The number of esters is 1. The van der Waals surface area contributed by atoms with Crippen molar-refractivity contribution in [1.29, 1.82) is 0 Å². The lowest BCUT2D eigenvalue weighted by atomic mass is 10.1. The fourth-order valence-electron chi connectivity index (χ4n) is 3.43. The number of hydrogen-bond acceptors (Lipinski definition) is 6. The van der Waals surface area contributed by atoms with E-state index in [2.05, 4.69) is 0 Å². The highest BCUT2D eigenvalue weighted by atomic mass is 16.6. The first-order valence-electron chi connectivity index (χ1n) is 10.6. The van der Waals surface area contributed by atoms with Crippen molar-refractivity contribution >= 4 is 16.9 Å². The van der Waals surface area contributed by atoms with Gasteiger partial charge in [0.25, 0.3) is 0 Å². The molecule has 0 bridgehead atoms. The van der Waals surface area contributed by atoms with E-state index in [4.69, 9.17) is 18.3 Å². The molecule has 0 aliphatic rings. The van der Waals surface area contributed by atoms with E-state index >= 15 is 0 Å². The molecule has 0 aliphatic heterocycles. The zero-order valence-electron chi connectivity index (χ0n) is 17.8. The Labute approximate surface area is 185 Å². The Bertz CT molecular complexity index is 1240. The van der Waals surface area contributed by atoms with Gasteiger partial charge in [0.05, 0.1) is 18.3 Å². The zero-order valence-corrected chi connectivity index (χ0v) is 17.8. The maximum atomic E-state index is 13.2. The van der Waals surface area contributed by atoms with E-state index in [0.29, 0.717) is 23.2 Å². The molecule has 0 aliphatic carbocycles. The van der Waals surface area contributed by atoms with Crippen molar-refractivity contribution in [2.45, 2.75) is 26.2 Å². The zero-order chi connectivity index (χ0) is 22.3. The lowest BCUT2D eigenvalue weighted by Gasteiger charge is -2.11. The Balaban J connectivity index is 1.47. The van der Waals surface area contributed by atoms with E-state index < -0.39 is 12.6 Å². The normalized spacial score (nSPS) is 10.9. The van der Waals surface area contributed by atoms with Crippen molar-refractivity contribution < 1.29 is 23.1 Å². The number of furan rings is 1. The van der Waals surface area contributed by atoms with Gasteiger partial charge in [-0.2, -0.15) is 0 Å². The average molecular weight is 432 g/mol. The Morgan fingerprint density at radius 2 is 1.84 bits per heavy atom. The van der Waals surface area contributed by atoms with Crippen LogP contribution in [0, 0.1) is 0 Å². The van der Waals surface area contributed by atoms with E-state index in [-0.39, 0.29) is 23.5 Å². The highest BCUT2D eigenvalue weighted by Crippen LogP contribution is 2.31. The van der Waals surface area contributed by atoms with Crippen LogP contribution in [0.4, 0.5) is 0 Å². The second kappa shape index (κ2) is 10.0. The van der Waals surface area contributed by atoms with Gasteiger partial charge >= 0.3 is 5.97 Å². The molecule has 6 heteroatoms. The first kappa shape index (κ1) is 21.4. The fourth-order valence-corrected chi connectivity index (χ4v) is 3.43. The minimum atomic E-state index is -0.551. The molecule has 0 saturated heterocycles. The van der Waals surface area contributed by atoms with Gasteiger partial charge in [0.2, 0.25) is 16.9 Å².